The van der Waals surface area contributed by atoms with E-state index in [2.05, 4.69) is 135 Å². The molecule has 80 heavy (non-hydrogen) atoms. The van der Waals surface area contributed by atoms with Gasteiger partial charge in [0.1, 0.15) is 48.8 Å². The summed E-state index contributed by atoms with van der Waals surface area (Å²) in [7, 11) is 0. The molecule has 0 bridgehead atoms. The third-order valence-corrected chi connectivity index (χ3v) is 13.8. The van der Waals surface area contributed by atoms with Gasteiger partial charge in [0, 0.05) is 6.42 Å². The minimum Gasteiger partial charge on any atom is -0.394 e. The van der Waals surface area contributed by atoms with Gasteiger partial charge in [0.25, 0.3) is 0 Å². The lowest BCUT2D eigenvalue weighted by Gasteiger charge is -2.46. The molecule has 0 aliphatic carbocycles. The lowest BCUT2D eigenvalue weighted by atomic mass is 9.97. The molecule has 0 aromatic carbocycles. The largest absolute Gasteiger partial charge is 0.394 e. The zero-order valence-electron chi connectivity index (χ0n) is 48.8. The third kappa shape index (κ3) is 34.5. The van der Waals surface area contributed by atoms with Crippen LogP contribution in [0.2, 0.25) is 0 Å². The lowest BCUT2D eigenvalue weighted by Crippen LogP contribution is -2.65. The number of carbonyl (C=O) groups is 1. The molecular weight excluding hydrogens is 1010 g/mol. The van der Waals surface area contributed by atoms with Crippen molar-refractivity contribution in [3.63, 3.8) is 0 Å². The number of aliphatic hydroxyl groups is 8. The van der Waals surface area contributed by atoms with Gasteiger partial charge >= 0.3 is 0 Å². The number of amides is 1. The highest BCUT2D eigenvalue weighted by Gasteiger charge is 2.51. The monoisotopic (exact) mass is 1120 g/mol. The zero-order valence-corrected chi connectivity index (χ0v) is 48.8. The average molecular weight is 1120 g/mol. The number of hydrogen-bond donors (Lipinski definition) is 9. The van der Waals surface area contributed by atoms with Crippen LogP contribution in [0.3, 0.4) is 0 Å². The molecule has 1 amide bonds. The van der Waals surface area contributed by atoms with E-state index in [1.807, 2.05) is 12.2 Å². The second-order valence-electron chi connectivity index (χ2n) is 20.7. The fourth-order valence-corrected chi connectivity index (χ4v) is 8.95. The topological polar surface area (TPSA) is 228 Å². The summed E-state index contributed by atoms with van der Waals surface area (Å²) in [6.07, 6.45) is 56.4. The molecule has 12 atom stereocenters. The van der Waals surface area contributed by atoms with Gasteiger partial charge in [-0.2, -0.15) is 0 Å². The van der Waals surface area contributed by atoms with Gasteiger partial charge in [0.15, 0.2) is 12.6 Å². The number of carbonyl (C=O) groups excluding carboxylic acids is 1. The van der Waals surface area contributed by atoms with E-state index in [1.165, 1.54) is 70.6 Å². The normalized spacial score (nSPS) is 25.2. The highest BCUT2D eigenvalue weighted by atomic mass is 16.7. The molecule has 14 nitrogen and oxygen atoms in total. The molecule has 0 aromatic heterocycles. The summed E-state index contributed by atoms with van der Waals surface area (Å²) in [5, 5.41) is 87.0. The average Bonchev–Trinajstić information content (AvgIpc) is 3.46. The van der Waals surface area contributed by atoms with Crippen molar-refractivity contribution < 1.29 is 64.6 Å². The van der Waals surface area contributed by atoms with E-state index in [9.17, 15) is 45.6 Å². The molecule has 2 rings (SSSR count). The molecule has 9 N–H and O–H groups in total. The number of nitrogens with one attached hydrogen (secondary N) is 1. The van der Waals surface area contributed by atoms with Crippen LogP contribution < -0.4 is 5.32 Å². The fraction of sp³-hybridized carbons (Fsp3) is 0.652. The summed E-state index contributed by atoms with van der Waals surface area (Å²) in [5.41, 5.74) is 0. The molecule has 2 aliphatic rings. The smallest absolute Gasteiger partial charge is 0.220 e. The third-order valence-electron chi connectivity index (χ3n) is 13.8. The number of rotatable bonds is 46. The summed E-state index contributed by atoms with van der Waals surface area (Å²) in [6.45, 7) is 2.60. The molecule has 454 valence electrons. The Labute approximate surface area is 481 Å². The van der Waals surface area contributed by atoms with Gasteiger partial charge in [-0.25, -0.2) is 0 Å². The molecular formula is C66H107NO13. The van der Waals surface area contributed by atoms with Gasteiger partial charge in [0.2, 0.25) is 5.91 Å². The first-order valence-electron chi connectivity index (χ1n) is 30.4. The number of hydrogen-bond acceptors (Lipinski definition) is 13. The van der Waals surface area contributed by atoms with E-state index in [-0.39, 0.29) is 18.9 Å². The summed E-state index contributed by atoms with van der Waals surface area (Å²) < 4.78 is 22.7. The molecule has 0 spiro atoms. The first-order chi connectivity index (χ1) is 39.1. The molecule has 2 heterocycles. The summed E-state index contributed by atoms with van der Waals surface area (Å²) in [6, 6.07) is -0.973. The van der Waals surface area contributed by atoms with Crippen LogP contribution in [0, 0.1) is 0 Å². The van der Waals surface area contributed by atoms with Gasteiger partial charge in [-0.1, -0.05) is 212 Å². The van der Waals surface area contributed by atoms with Gasteiger partial charge in [-0.15, -0.1) is 0 Å². The van der Waals surface area contributed by atoms with E-state index in [4.69, 9.17) is 18.9 Å². The SMILES string of the molecule is CC/C=C\C/C=C\C/C=C\C/C=C\C/C=C\C/C=C\C/C=C\C/C=C\C/C=C\CCCC(=O)NC(COC1OC(CO)C(OC2OC(CO)C(O)C(O)C2O)C(O)C1O)C(O)/C=C/CC/C=C/CCCCCCCCCCCCC. The molecule has 2 saturated heterocycles. The van der Waals surface area contributed by atoms with E-state index in [1.54, 1.807) is 6.08 Å². The van der Waals surface area contributed by atoms with E-state index in [0.29, 0.717) is 19.3 Å². The summed E-state index contributed by atoms with van der Waals surface area (Å²) >= 11 is 0. The van der Waals surface area contributed by atoms with E-state index < -0.39 is 86.8 Å². The lowest BCUT2D eigenvalue weighted by molar-refractivity contribution is -0.359. The maximum atomic E-state index is 13.2. The van der Waals surface area contributed by atoms with Crippen LogP contribution in [0.1, 0.15) is 181 Å². The predicted octanol–water partition coefficient (Wildman–Crippen LogP) is 10.8. The van der Waals surface area contributed by atoms with Crippen molar-refractivity contribution in [3.8, 4) is 0 Å². The Morgan fingerprint density at radius 2 is 0.875 bits per heavy atom. The Morgan fingerprint density at radius 1 is 0.463 bits per heavy atom. The van der Waals surface area contributed by atoms with E-state index in [0.717, 1.165) is 70.6 Å². The summed E-state index contributed by atoms with van der Waals surface area (Å²) in [4.78, 5) is 13.2. The van der Waals surface area contributed by atoms with Crippen molar-refractivity contribution in [2.45, 2.75) is 254 Å². The van der Waals surface area contributed by atoms with Gasteiger partial charge < -0.3 is 65.1 Å². The summed E-state index contributed by atoms with van der Waals surface area (Å²) in [5.74, 6) is -0.313. The second kappa shape index (κ2) is 49.7. The van der Waals surface area contributed by atoms with Gasteiger partial charge in [-0.3, -0.25) is 4.79 Å². The van der Waals surface area contributed by atoms with Crippen LogP contribution in [0.25, 0.3) is 0 Å². The molecule has 2 aliphatic heterocycles. The van der Waals surface area contributed by atoms with Crippen LogP contribution in [0.4, 0.5) is 0 Å². The molecule has 14 heteroatoms. The highest BCUT2D eigenvalue weighted by Crippen LogP contribution is 2.30. The predicted molar refractivity (Wildman–Crippen MR) is 322 cm³/mol. The first-order valence-corrected chi connectivity index (χ1v) is 30.4. The van der Waals surface area contributed by atoms with Crippen LogP contribution in [-0.4, -0.2) is 140 Å². The highest BCUT2D eigenvalue weighted by molar-refractivity contribution is 5.76. The van der Waals surface area contributed by atoms with Crippen molar-refractivity contribution in [2.24, 2.45) is 0 Å². The Balaban J connectivity index is 1.80. The van der Waals surface area contributed by atoms with Gasteiger partial charge in [0.05, 0.1) is 32.0 Å². The number of ether oxygens (including phenoxy) is 4. The Hall–Kier alpha value is -3.87. The molecule has 0 saturated carbocycles. The van der Waals surface area contributed by atoms with Crippen LogP contribution >= 0.6 is 0 Å². The standard InChI is InChI=1S/C66H107NO13/c1-3-5-7-9-11-13-15-17-19-21-22-23-24-25-26-27-28-29-30-31-32-34-36-38-40-42-44-46-48-50-58(71)67-54(55(70)49-47-45-43-41-39-37-35-33-20-18-16-14-12-10-8-6-4-2)53-77-65-63(76)61(74)64(57(52-69)79-65)80-66-62(75)60(73)59(72)56(51-68)78-66/h5,7,11,13,17,19,22-23,25-26,28-29,31-32,36,38-39,41-42,44,47,49,54-57,59-66,68-70,72-76H,3-4,6,8-10,12,14-16,18,20-21,24,27,30,33-35,37,40,43,45-46,48,50-53H2,1-2H3,(H,67,71)/b7-5-,13-11-,19-17-,23-22-,26-25-,29-28-,32-31-,38-36-,41-39+,44-42-,49-47+. The van der Waals surface area contributed by atoms with Crippen molar-refractivity contribution in [3.05, 3.63) is 134 Å². The van der Waals surface area contributed by atoms with Crippen molar-refractivity contribution in [1.29, 1.82) is 0 Å². The van der Waals surface area contributed by atoms with Crippen molar-refractivity contribution >= 4 is 5.91 Å². The van der Waals surface area contributed by atoms with Crippen LogP contribution in [-0.2, 0) is 23.7 Å². The quantitative estimate of drug-likeness (QED) is 0.0204. The Kier molecular flexibility index (Phi) is 44.9. The minimum atomic E-state index is -1.80. The zero-order chi connectivity index (χ0) is 58.1. The Bertz CT molecular complexity index is 1850. The van der Waals surface area contributed by atoms with Crippen molar-refractivity contribution in [1.82, 2.24) is 5.32 Å². The number of allylic oxidation sites excluding steroid dienone is 21. The second-order valence-corrected chi connectivity index (χ2v) is 20.7. The van der Waals surface area contributed by atoms with E-state index >= 15 is 0 Å². The number of unbranched alkanes of at least 4 members (excludes halogenated alkanes) is 13. The Morgan fingerprint density at radius 3 is 1.38 bits per heavy atom. The fourth-order valence-electron chi connectivity index (χ4n) is 8.95. The van der Waals surface area contributed by atoms with Crippen LogP contribution in [0.5, 0.6) is 0 Å². The molecule has 0 aromatic rings. The maximum Gasteiger partial charge on any atom is 0.220 e. The van der Waals surface area contributed by atoms with Crippen molar-refractivity contribution in [2.75, 3.05) is 19.8 Å². The molecule has 12 unspecified atom stereocenters. The first kappa shape index (κ1) is 72.2. The van der Waals surface area contributed by atoms with Gasteiger partial charge in [-0.05, 0) is 96.3 Å². The molecule has 2 fully saturated rings. The minimum absolute atomic E-state index is 0.184. The molecule has 0 radical (unpaired) electrons. The number of aliphatic hydroxyl groups excluding tert-OH is 8. The maximum absolute atomic E-state index is 13.2. The van der Waals surface area contributed by atoms with Crippen LogP contribution in [0.15, 0.2) is 134 Å².